The van der Waals surface area contributed by atoms with Gasteiger partial charge in [0.25, 0.3) is 0 Å². The van der Waals surface area contributed by atoms with E-state index in [1.807, 2.05) is 24.3 Å². The fourth-order valence-electron chi connectivity index (χ4n) is 3.95. The van der Waals surface area contributed by atoms with Crippen LogP contribution in [-0.2, 0) is 34.8 Å². The molecule has 1 aliphatic heterocycles. The average molecular weight is 614 g/mol. The molecule has 1 aromatic rings. The van der Waals surface area contributed by atoms with Gasteiger partial charge in [0.2, 0.25) is 0 Å². The number of ether oxygens (including phenoxy) is 5. The van der Waals surface area contributed by atoms with Crippen LogP contribution in [0, 0.1) is 0 Å². The second-order valence-electron chi connectivity index (χ2n) is 11.3. The summed E-state index contributed by atoms with van der Waals surface area (Å²) in [6.45, 7) is 14.2. The van der Waals surface area contributed by atoms with E-state index in [2.05, 4.69) is 45.8 Å². The Labute approximate surface area is 249 Å². The van der Waals surface area contributed by atoms with E-state index in [4.69, 9.17) is 28.1 Å². The number of amides is 1. The predicted octanol–water partition coefficient (Wildman–Crippen LogP) is 4.66. The lowest BCUT2D eigenvalue weighted by Crippen LogP contribution is -2.67. The normalized spacial score (nSPS) is 23.0. The number of hydrogen-bond donors (Lipinski definition) is 2. The summed E-state index contributed by atoms with van der Waals surface area (Å²) in [6.07, 6.45) is -0.414. The lowest BCUT2D eigenvalue weighted by atomic mass is 9.97. The van der Waals surface area contributed by atoms with Crippen LogP contribution < -0.4 is 10.1 Å². The highest BCUT2D eigenvalue weighted by Crippen LogP contribution is 2.41. The van der Waals surface area contributed by atoms with Crippen LogP contribution in [0.2, 0.25) is 18.1 Å². The fraction of sp³-hybridized carbons (Fsp3) is 0.655. The van der Waals surface area contributed by atoms with Crippen LogP contribution in [0.5, 0.6) is 5.75 Å². The molecule has 1 amide bonds. The van der Waals surface area contributed by atoms with Gasteiger partial charge in [0, 0.05) is 6.42 Å². The second-order valence-corrected chi connectivity index (χ2v) is 17.3. The third-order valence-corrected chi connectivity index (χ3v) is 13.0. The van der Waals surface area contributed by atoms with Gasteiger partial charge in [0.05, 0.1) is 39.6 Å². The zero-order chi connectivity index (χ0) is 30.6. The summed E-state index contributed by atoms with van der Waals surface area (Å²) in [7, 11) is 0.549. The molecule has 0 spiro atoms. The molecule has 1 heterocycles. The summed E-state index contributed by atoms with van der Waals surface area (Å²) in [5, 5.41) is 13.2. The molecule has 0 unspecified atom stereocenters. The number of nitrogens with one attached hydrogen (secondary N) is 1. The predicted molar refractivity (Wildman–Crippen MR) is 162 cm³/mol. The number of hydrogen-bond acceptors (Lipinski definition) is 10. The van der Waals surface area contributed by atoms with Crippen molar-refractivity contribution in [3.05, 3.63) is 42.5 Å². The van der Waals surface area contributed by atoms with Crippen molar-refractivity contribution in [1.82, 2.24) is 5.32 Å². The standard InChI is InChI=1S/C29H47NO9SSi/c1-9-16-36-28(33)30-24-26(39-41(7,8)29(2,3)4)25(37-19-20-12-14-21(34-5)15-13-20)22(18-31)38-27(24)40-17-10-11-23(32)35-6/h9,12-15,22,24-27,31H,1,10-11,16-19H2,2-8H3,(H,30,33)/t22-,24-,25+,26-,27-/m1/s1. The Morgan fingerprint density at radius 3 is 2.41 bits per heavy atom. The smallest absolute Gasteiger partial charge is 0.407 e. The number of esters is 1. The first kappa shape index (κ1) is 35.1. The number of methoxy groups -OCH3 is 2. The number of aliphatic hydroxyl groups is 1. The summed E-state index contributed by atoms with van der Waals surface area (Å²) in [4.78, 5) is 24.5. The van der Waals surface area contributed by atoms with Gasteiger partial charge in [-0.25, -0.2) is 4.79 Å². The van der Waals surface area contributed by atoms with E-state index in [0.29, 0.717) is 12.2 Å². The van der Waals surface area contributed by atoms with E-state index in [9.17, 15) is 14.7 Å². The quantitative estimate of drug-likeness (QED) is 0.125. The van der Waals surface area contributed by atoms with Crippen molar-refractivity contribution in [1.29, 1.82) is 0 Å². The average Bonchev–Trinajstić information content (AvgIpc) is 2.94. The van der Waals surface area contributed by atoms with Crippen molar-refractivity contribution in [3.63, 3.8) is 0 Å². The highest BCUT2D eigenvalue weighted by atomic mass is 32.2. The van der Waals surface area contributed by atoms with E-state index in [1.54, 1.807) is 7.11 Å². The third kappa shape index (κ3) is 10.6. The molecule has 10 nitrogen and oxygen atoms in total. The zero-order valence-electron chi connectivity index (χ0n) is 25.3. The number of aliphatic hydroxyl groups excluding tert-OH is 1. The lowest BCUT2D eigenvalue weighted by molar-refractivity contribution is -0.190. The highest BCUT2D eigenvalue weighted by molar-refractivity contribution is 7.99. The summed E-state index contributed by atoms with van der Waals surface area (Å²) in [5.74, 6) is 0.996. The molecular formula is C29H47NO9SSi. The van der Waals surface area contributed by atoms with Gasteiger partial charge in [0.15, 0.2) is 8.32 Å². The Hall–Kier alpha value is -2.09. The van der Waals surface area contributed by atoms with Crippen LogP contribution >= 0.6 is 11.8 Å². The minimum absolute atomic E-state index is 0.0424. The van der Waals surface area contributed by atoms with Crippen molar-refractivity contribution >= 4 is 32.1 Å². The summed E-state index contributed by atoms with van der Waals surface area (Å²) in [6, 6.07) is 6.84. The summed E-state index contributed by atoms with van der Waals surface area (Å²) >= 11 is 1.44. The van der Waals surface area contributed by atoms with Gasteiger partial charge in [-0.1, -0.05) is 45.6 Å². The van der Waals surface area contributed by atoms with Crippen LogP contribution in [0.1, 0.15) is 39.2 Å². The Morgan fingerprint density at radius 2 is 1.85 bits per heavy atom. The van der Waals surface area contributed by atoms with Crippen LogP contribution in [-0.4, -0.2) is 88.5 Å². The Bertz CT molecular complexity index is 970. The molecule has 2 rings (SSSR count). The molecule has 0 bridgehead atoms. The van der Waals surface area contributed by atoms with Crippen molar-refractivity contribution < 1.29 is 42.8 Å². The van der Waals surface area contributed by atoms with Crippen molar-refractivity contribution in [2.75, 3.05) is 33.2 Å². The van der Waals surface area contributed by atoms with Crippen molar-refractivity contribution in [2.24, 2.45) is 0 Å². The topological polar surface area (TPSA) is 122 Å². The van der Waals surface area contributed by atoms with E-state index < -0.39 is 44.2 Å². The van der Waals surface area contributed by atoms with E-state index >= 15 is 0 Å². The maximum Gasteiger partial charge on any atom is 0.407 e. The number of rotatable bonds is 15. The van der Waals surface area contributed by atoms with E-state index in [1.165, 1.54) is 24.9 Å². The molecule has 0 aromatic heterocycles. The van der Waals surface area contributed by atoms with Gasteiger partial charge in [-0.15, -0.1) is 11.8 Å². The van der Waals surface area contributed by atoms with Crippen molar-refractivity contribution in [3.8, 4) is 5.75 Å². The molecule has 2 N–H and O–H groups in total. The molecule has 0 saturated carbocycles. The maximum atomic E-state index is 12.8. The second kappa shape index (κ2) is 16.5. The Kier molecular flexibility index (Phi) is 14.1. The monoisotopic (exact) mass is 613 g/mol. The van der Waals surface area contributed by atoms with E-state index in [-0.39, 0.29) is 37.2 Å². The first-order valence-electron chi connectivity index (χ1n) is 13.8. The van der Waals surface area contributed by atoms with Gasteiger partial charge in [-0.05, 0) is 48.0 Å². The Balaban J connectivity index is 2.41. The first-order valence-corrected chi connectivity index (χ1v) is 17.7. The minimum Gasteiger partial charge on any atom is -0.497 e. The lowest BCUT2D eigenvalue weighted by Gasteiger charge is -2.50. The molecule has 1 saturated heterocycles. The zero-order valence-corrected chi connectivity index (χ0v) is 27.2. The van der Waals surface area contributed by atoms with Gasteiger partial charge < -0.3 is 38.5 Å². The van der Waals surface area contributed by atoms with Gasteiger partial charge in [0.1, 0.15) is 30.0 Å². The summed E-state index contributed by atoms with van der Waals surface area (Å²) < 4.78 is 35.0. The number of carbonyl (C=O) groups is 2. The minimum atomic E-state index is -2.42. The number of alkyl carbamates (subject to hydrolysis) is 1. The molecule has 1 aromatic carbocycles. The number of carbonyl (C=O) groups excluding carboxylic acids is 2. The third-order valence-electron chi connectivity index (χ3n) is 7.32. The Morgan fingerprint density at radius 1 is 1.17 bits per heavy atom. The number of thioether (sulfide) groups is 1. The molecule has 0 aliphatic carbocycles. The SMILES string of the molecule is C=CCOC(=O)N[C@@H]1[C@@H](O[Si](C)(C)C(C)(C)C)[C@@H](OCc2ccc(OC)cc2)[C@@H](CO)O[C@@H]1SCCCC(=O)OC. The highest BCUT2D eigenvalue weighted by Gasteiger charge is 2.52. The molecule has 1 aliphatic rings. The summed E-state index contributed by atoms with van der Waals surface area (Å²) in [5.41, 5.74) is 0.305. The van der Waals surface area contributed by atoms with Crippen LogP contribution in [0.3, 0.4) is 0 Å². The maximum absolute atomic E-state index is 12.8. The van der Waals surface area contributed by atoms with Crippen molar-refractivity contribution in [2.45, 2.75) is 88.1 Å². The molecule has 41 heavy (non-hydrogen) atoms. The fourth-order valence-corrected chi connectivity index (χ4v) is 6.46. The molecule has 1 fully saturated rings. The van der Waals surface area contributed by atoms with Gasteiger partial charge in [-0.2, -0.15) is 0 Å². The van der Waals surface area contributed by atoms with Gasteiger partial charge >= 0.3 is 12.1 Å². The van der Waals surface area contributed by atoms with Crippen LogP contribution in [0.4, 0.5) is 4.79 Å². The van der Waals surface area contributed by atoms with E-state index in [0.717, 1.165) is 11.3 Å². The van der Waals surface area contributed by atoms with Crippen LogP contribution in [0.15, 0.2) is 36.9 Å². The first-order chi connectivity index (χ1) is 19.4. The molecular weight excluding hydrogens is 566 g/mol. The largest absolute Gasteiger partial charge is 0.497 e. The number of benzene rings is 1. The molecule has 232 valence electrons. The molecule has 5 atom stereocenters. The van der Waals surface area contributed by atoms with Crippen LogP contribution in [0.25, 0.3) is 0 Å². The van der Waals surface area contributed by atoms with Gasteiger partial charge in [-0.3, -0.25) is 4.79 Å². The molecule has 0 radical (unpaired) electrons. The molecule has 12 heteroatoms.